The van der Waals surface area contributed by atoms with Crippen LogP contribution in [0.1, 0.15) is 21.7 Å². The smallest absolute Gasteiger partial charge is 0.191 e. The van der Waals surface area contributed by atoms with Gasteiger partial charge in [-0.05, 0) is 17.7 Å². The van der Waals surface area contributed by atoms with Gasteiger partial charge in [-0.1, -0.05) is 54.2 Å². The van der Waals surface area contributed by atoms with E-state index in [2.05, 4.69) is 22.3 Å². The molecule has 0 bridgehead atoms. The third-order valence-corrected chi connectivity index (χ3v) is 4.73. The highest BCUT2D eigenvalue weighted by atomic mass is 32.2. The van der Waals surface area contributed by atoms with Crippen molar-refractivity contribution in [3.8, 4) is 5.75 Å². The van der Waals surface area contributed by atoms with Gasteiger partial charge in [-0.2, -0.15) is 0 Å². The van der Waals surface area contributed by atoms with E-state index < -0.39 is 0 Å². The lowest BCUT2D eigenvalue weighted by Crippen LogP contribution is -2.04. The molecule has 3 rings (SSSR count). The standard InChI is InChI=1S/C19H19N3O2S/c1-22-18(13-15-7-3-2-4-8-15)20-21-19(22)25-12-11-24-17-10-6-5-9-16(17)14-23/h2-10,14H,11-13H2,1H3. The first-order valence-electron chi connectivity index (χ1n) is 8.00. The number of para-hydroxylation sites is 1. The van der Waals surface area contributed by atoms with E-state index in [9.17, 15) is 4.79 Å². The van der Waals surface area contributed by atoms with Gasteiger partial charge >= 0.3 is 0 Å². The van der Waals surface area contributed by atoms with Crippen LogP contribution >= 0.6 is 11.8 Å². The van der Waals surface area contributed by atoms with Gasteiger partial charge in [0.2, 0.25) is 0 Å². The predicted octanol–water partition coefficient (Wildman–Crippen LogP) is 3.39. The summed E-state index contributed by atoms with van der Waals surface area (Å²) < 4.78 is 7.69. The fraction of sp³-hybridized carbons (Fsp3) is 0.211. The second kappa shape index (κ2) is 8.48. The Labute approximate surface area is 151 Å². The number of aromatic nitrogens is 3. The quantitative estimate of drug-likeness (QED) is 0.353. The SMILES string of the molecule is Cn1c(Cc2ccccc2)nnc1SCCOc1ccccc1C=O. The number of benzene rings is 2. The summed E-state index contributed by atoms with van der Waals surface area (Å²) >= 11 is 1.59. The minimum atomic E-state index is 0.496. The molecule has 6 heteroatoms. The van der Waals surface area contributed by atoms with Crippen molar-refractivity contribution in [1.29, 1.82) is 0 Å². The molecule has 25 heavy (non-hydrogen) atoms. The average Bonchev–Trinajstić information content (AvgIpc) is 3.00. The number of hydrogen-bond donors (Lipinski definition) is 0. The molecule has 0 aliphatic rings. The van der Waals surface area contributed by atoms with Crippen LogP contribution in [0, 0.1) is 0 Å². The molecule has 5 nitrogen and oxygen atoms in total. The molecule has 0 fully saturated rings. The topological polar surface area (TPSA) is 57.0 Å². The van der Waals surface area contributed by atoms with Crippen LogP contribution in [0.15, 0.2) is 59.8 Å². The molecule has 0 aliphatic heterocycles. The normalized spacial score (nSPS) is 10.6. The van der Waals surface area contributed by atoms with Gasteiger partial charge < -0.3 is 9.30 Å². The molecule has 128 valence electrons. The monoisotopic (exact) mass is 353 g/mol. The van der Waals surface area contributed by atoms with Gasteiger partial charge in [0.05, 0.1) is 12.2 Å². The first-order valence-corrected chi connectivity index (χ1v) is 8.98. The second-order valence-electron chi connectivity index (χ2n) is 5.47. The molecule has 2 aromatic carbocycles. The third kappa shape index (κ3) is 4.48. The Balaban J connectivity index is 1.53. The maximum absolute atomic E-state index is 11.0. The molecule has 0 spiro atoms. The van der Waals surface area contributed by atoms with Gasteiger partial charge in [0.15, 0.2) is 11.4 Å². The average molecular weight is 353 g/mol. The van der Waals surface area contributed by atoms with Gasteiger partial charge in [0, 0.05) is 19.2 Å². The molecule has 3 aromatic rings. The van der Waals surface area contributed by atoms with Crippen LogP contribution in [0.3, 0.4) is 0 Å². The summed E-state index contributed by atoms with van der Waals surface area (Å²) in [6.07, 6.45) is 1.56. The zero-order valence-corrected chi connectivity index (χ0v) is 14.8. The van der Waals surface area contributed by atoms with Crippen LogP contribution in [0.5, 0.6) is 5.75 Å². The van der Waals surface area contributed by atoms with E-state index in [-0.39, 0.29) is 0 Å². The van der Waals surface area contributed by atoms with Crippen LogP contribution in [-0.2, 0) is 13.5 Å². The van der Waals surface area contributed by atoms with E-state index in [4.69, 9.17) is 4.74 Å². The van der Waals surface area contributed by atoms with Crippen molar-refractivity contribution in [2.75, 3.05) is 12.4 Å². The lowest BCUT2D eigenvalue weighted by molar-refractivity contribution is 0.112. The van der Waals surface area contributed by atoms with Crippen molar-refractivity contribution in [2.45, 2.75) is 11.6 Å². The molecule has 1 heterocycles. The molecule has 0 saturated heterocycles. The highest BCUT2D eigenvalue weighted by molar-refractivity contribution is 7.99. The van der Waals surface area contributed by atoms with E-state index in [0.717, 1.165) is 29.4 Å². The molecular weight excluding hydrogens is 334 g/mol. The summed E-state index contributed by atoms with van der Waals surface area (Å²) in [5.74, 6) is 2.27. The number of nitrogens with zero attached hydrogens (tertiary/aromatic N) is 3. The highest BCUT2D eigenvalue weighted by Gasteiger charge is 2.10. The van der Waals surface area contributed by atoms with Crippen molar-refractivity contribution in [3.63, 3.8) is 0 Å². The Bertz CT molecular complexity index is 834. The molecule has 0 amide bonds. The van der Waals surface area contributed by atoms with E-state index in [1.54, 1.807) is 23.9 Å². The second-order valence-corrected chi connectivity index (χ2v) is 6.53. The third-order valence-electron chi connectivity index (χ3n) is 3.75. The largest absolute Gasteiger partial charge is 0.492 e. The number of ether oxygens (including phenoxy) is 1. The van der Waals surface area contributed by atoms with Gasteiger partial charge in [0.25, 0.3) is 0 Å². The number of hydrogen-bond acceptors (Lipinski definition) is 5. The number of carbonyl (C=O) groups excluding carboxylic acids is 1. The van der Waals surface area contributed by atoms with Gasteiger partial charge in [-0.3, -0.25) is 4.79 Å². The summed E-state index contributed by atoms with van der Waals surface area (Å²) in [5, 5.41) is 9.39. The Hall–Kier alpha value is -2.60. The maximum atomic E-state index is 11.0. The molecule has 0 unspecified atom stereocenters. The molecular formula is C19H19N3O2S. The summed E-state index contributed by atoms with van der Waals surface area (Å²) in [4.78, 5) is 11.0. The Kier molecular flexibility index (Phi) is 5.85. The van der Waals surface area contributed by atoms with E-state index in [1.807, 2.05) is 41.9 Å². The number of rotatable bonds is 8. The maximum Gasteiger partial charge on any atom is 0.191 e. The molecule has 0 N–H and O–H groups in total. The summed E-state index contributed by atoms with van der Waals surface area (Å²) in [5.41, 5.74) is 1.78. The zero-order valence-electron chi connectivity index (χ0n) is 14.0. The summed E-state index contributed by atoms with van der Waals surface area (Å²) in [7, 11) is 1.98. The number of aldehydes is 1. The summed E-state index contributed by atoms with van der Waals surface area (Å²) in [6, 6.07) is 17.4. The first-order chi connectivity index (χ1) is 12.3. The van der Waals surface area contributed by atoms with Crippen molar-refractivity contribution >= 4 is 18.0 Å². The van der Waals surface area contributed by atoms with E-state index in [0.29, 0.717) is 17.9 Å². The summed E-state index contributed by atoms with van der Waals surface area (Å²) in [6.45, 7) is 0.496. The highest BCUT2D eigenvalue weighted by Crippen LogP contribution is 2.19. The van der Waals surface area contributed by atoms with Crippen LogP contribution in [-0.4, -0.2) is 33.4 Å². The van der Waals surface area contributed by atoms with Gasteiger partial charge in [-0.25, -0.2) is 0 Å². The van der Waals surface area contributed by atoms with E-state index in [1.165, 1.54) is 5.56 Å². The Morgan fingerprint density at radius 2 is 1.84 bits per heavy atom. The fourth-order valence-electron chi connectivity index (χ4n) is 2.40. The zero-order chi connectivity index (χ0) is 17.5. The molecule has 0 atom stereocenters. The molecule has 0 radical (unpaired) electrons. The first kappa shape index (κ1) is 17.2. The lowest BCUT2D eigenvalue weighted by Gasteiger charge is -2.08. The molecule has 1 aromatic heterocycles. The van der Waals surface area contributed by atoms with Gasteiger partial charge in [-0.15, -0.1) is 10.2 Å². The van der Waals surface area contributed by atoms with Crippen molar-refractivity contribution in [1.82, 2.24) is 14.8 Å². The minimum absolute atomic E-state index is 0.496. The number of carbonyl (C=O) groups is 1. The molecule has 0 saturated carbocycles. The van der Waals surface area contributed by atoms with Crippen LogP contribution in [0.25, 0.3) is 0 Å². The van der Waals surface area contributed by atoms with E-state index >= 15 is 0 Å². The number of thioether (sulfide) groups is 1. The van der Waals surface area contributed by atoms with Crippen LogP contribution in [0.2, 0.25) is 0 Å². The lowest BCUT2D eigenvalue weighted by atomic mass is 10.1. The predicted molar refractivity (Wildman–Crippen MR) is 98.3 cm³/mol. The van der Waals surface area contributed by atoms with Gasteiger partial charge in [0.1, 0.15) is 11.6 Å². The van der Waals surface area contributed by atoms with Crippen molar-refractivity contribution in [2.24, 2.45) is 7.05 Å². The molecule has 0 aliphatic carbocycles. The van der Waals surface area contributed by atoms with Crippen LogP contribution < -0.4 is 4.74 Å². The Morgan fingerprint density at radius 1 is 1.08 bits per heavy atom. The van der Waals surface area contributed by atoms with Crippen molar-refractivity contribution in [3.05, 3.63) is 71.5 Å². The minimum Gasteiger partial charge on any atom is -0.492 e. The fourth-order valence-corrected chi connectivity index (χ4v) is 3.14. The van der Waals surface area contributed by atoms with Crippen LogP contribution in [0.4, 0.5) is 0 Å². The van der Waals surface area contributed by atoms with Crippen molar-refractivity contribution < 1.29 is 9.53 Å². The Morgan fingerprint density at radius 3 is 2.64 bits per heavy atom.